The molecular weight excluding hydrogens is 242 g/mol. The molecule has 0 saturated carbocycles. The molecule has 1 aromatic carbocycles. The van der Waals surface area contributed by atoms with Gasteiger partial charge in [0.2, 0.25) is 0 Å². The molecule has 0 aliphatic rings. The number of benzene rings is 1. The lowest BCUT2D eigenvalue weighted by Crippen LogP contribution is -2.31. The minimum Gasteiger partial charge on any atom is -0.383 e. The van der Waals surface area contributed by atoms with Gasteiger partial charge in [-0.3, -0.25) is 0 Å². The molecule has 0 saturated heterocycles. The van der Waals surface area contributed by atoms with Crippen molar-refractivity contribution in [2.45, 2.75) is 12.5 Å². The van der Waals surface area contributed by atoms with Crippen molar-refractivity contribution < 1.29 is 4.74 Å². The Kier molecular flexibility index (Phi) is 5.15. The third-order valence-corrected chi connectivity index (χ3v) is 2.70. The third-order valence-electron chi connectivity index (χ3n) is 2.17. The smallest absolute Gasteiger partial charge is 0.0618 e. The van der Waals surface area contributed by atoms with Gasteiger partial charge >= 0.3 is 0 Å². The average molecular weight is 258 g/mol. The molecular formula is C11H16BrNO. The quantitative estimate of drug-likeness (QED) is 0.874. The molecule has 0 spiro atoms. The van der Waals surface area contributed by atoms with Crippen LogP contribution in [0.15, 0.2) is 28.7 Å². The van der Waals surface area contributed by atoms with Crippen LogP contribution in [0.1, 0.15) is 5.56 Å². The molecule has 0 radical (unpaired) electrons. The zero-order valence-corrected chi connectivity index (χ0v) is 10.2. The van der Waals surface area contributed by atoms with Gasteiger partial charge in [-0.25, -0.2) is 0 Å². The minimum absolute atomic E-state index is 0.390. The lowest BCUT2D eigenvalue weighted by atomic mass is 10.1. The molecule has 0 aromatic heterocycles. The van der Waals surface area contributed by atoms with Crippen molar-refractivity contribution in [2.24, 2.45) is 0 Å². The monoisotopic (exact) mass is 257 g/mol. The number of nitrogens with one attached hydrogen (secondary N) is 1. The summed E-state index contributed by atoms with van der Waals surface area (Å²) < 4.78 is 6.24. The number of ether oxygens (including phenoxy) is 1. The van der Waals surface area contributed by atoms with Gasteiger partial charge in [-0.1, -0.05) is 28.1 Å². The Morgan fingerprint density at radius 2 is 2.00 bits per heavy atom. The fraction of sp³-hybridized carbons (Fsp3) is 0.455. The third kappa shape index (κ3) is 3.78. The number of hydrogen-bond acceptors (Lipinski definition) is 2. The van der Waals surface area contributed by atoms with E-state index in [4.69, 9.17) is 4.74 Å². The molecule has 14 heavy (non-hydrogen) atoms. The maximum Gasteiger partial charge on any atom is 0.0618 e. The van der Waals surface area contributed by atoms with E-state index in [1.54, 1.807) is 7.11 Å². The molecule has 2 nitrogen and oxygen atoms in total. The molecule has 1 aromatic rings. The summed E-state index contributed by atoms with van der Waals surface area (Å²) in [4.78, 5) is 0. The van der Waals surface area contributed by atoms with Crippen LogP contribution in [0.5, 0.6) is 0 Å². The van der Waals surface area contributed by atoms with Crippen molar-refractivity contribution in [3.8, 4) is 0 Å². The molecule has 1 unspecified atom stereocenters. The predicted octanol–water partition coefficient (Wildman–Crippen LogP) is 2.23. The van der Waals surface area contributed by atoms with Crippen molar-refractivity contribution >= 4 is 15.9 Å². The minimum atomic E-state index is 0.390. The first-order valence-corrected chi connectivity index (χ1v) is 5.46. The Morgan fingerprint density at radius 1 is 1.36 bits per heavy atom. The van der Waals surface area contributed by atoms with Crippen LogP contribution in [0.3, 0.4) is 0 Å². The van der Waals surface area contributed by atoms with E-state index in [-0.39, 0.29) is 0 Å². The van der Waals surface area contributed by atoms with E-state index in [0.717, 1.165) is 17.5 Å². The number of likely N-dealkylation sites (N-methyl/N-ethyl adjacent to an activating group) is 1. The average Bonchev–Trinajstić information content (AvgIpc) is 2.20. The van der Waals surface area contributed by atoms with Gasteiger partial charge in [0, 0.05) is 17.6 Å². The van der Waals surface area contributed by atoms with Gasteiger partial charge in [-0.05, 0) is 31.2 Å². The molecule has 0 amide bonds. The second kappa shape index (κ2) is 6.17. The van der Waals surface area contributed by atoms with Crippen molar-refractivity contribution in [3.63, 3.8) is 0 Å². The Labute approximate surface area is 93.8 Å². The summed E-state index contributed by atoms with van der Waals surface area (Å²) in [6.07, 6.45) is 0.998. The highest BCUT2D eigenvalue weighted by Crippen LogP contribution is 2.11. The Balaban J connectivity index is 2.53. The normalized spacial score (nSPS) is 12.8. The lowest BCUT2D eigenvalue weighted by molar-refractivity contribution is 0.169. The van der Waals surface area contributed by atoms with Gasteiger partial charge in [0.05, 0.1) is 6.61 Å². The van der Waals surface area contributed by atoms with Crippen LogP contribution in [0.4, 0.5) is 0 Å². The van der Waals surface area contributed by atoms with Gasteiger partial charge in [0.25, 0.3) is 0 Å². The van der Waals surface area contributed by atoms with Crippen LogP contribution >= 0.6 is 15.9 Å². The predicted molar refractivity (Wildman–Crippen MR) is 62.6 cm³/mol. The van der Waals surface area contributed by atoms with Crippen LogP contribution in [-0.4, -0.2) is 26.8 Å². The number of hydrogen-bond donors (Lipinski definition) is 1. The second-order valence-electron chi connectivity index (χ2n) is 3.27. The van der Waals surface area contributed by atoms with Crippen LogP contribution in [0.2, 0.25) is 0 Å². The van der Waals surface area contributed by atoms with Crippen molar-refractivity contribution in [3.05, 3.63) is 34.3 Å². The molecule has 1 N–H and O–H groups in total. The molecule has 0 aliphatic heterocycles. The molecule has 0 fully saturated rings. The van der Waals surface area contributed by atoms with E-state index in [1.807, 2.05) is 7.05 Å². The SMILES string of the molecule is CNC(COC)Cc1ccc(Br)cc1. The van der Waals surface area contributed by atoms with Crippen molar-refractivity contribution in [1.29, 1.82) is 0 Å². The molecule has 0 aliphatic carbocycles. The maximum atomic E-state index is 5.12. The molecule has 0 bridgehead atoms. The van der Waals surface area contributed by atoms with Gasteiger partial charge < -0.3 is 10.1 Å². The van der Waals surface area contributed by atoms with Gasteiger partial charge in [-0.15, -0.1) is 0 Å². The zero-order chi connectivity index (χ0) is 10.4. The van der Waals surface area contributed by atoms with Gasteiger partial charge in [0.15, 0.2) is 0 Å². The van der Waals surface area contributed by atoms with Crippen LogP contribution in [0, 0.1) is 0 Å². The van der Waals surface area contributed by atoms with Gasteiger partial charge in [-0.2, -0.15) is 0 Å². The first-order chi connectivity index (χ1) is 6.76. The second-order valence-corrected chi connectivity index (χ2v) is 4.19. The number of halogens is 1. The summed E-state index contributed by atoms with van der Waals surface area (Å²) in [5, 5.41) is 3.23. The topological polar surface area (TPSA) is 21.3 Å². The van der Waals surface area contributed by atoms with E-state index in [2.05, 4.69) is 45.5 Å². The van der Waals surface area contributed by atoms with E-state index in [9.17, 15) is 0 Å². The summed E-state index contributed by atoms with van der Waals surface area (Å²) in [5.41, 5.74) is 1.32. The summed E-state index contributed by atoms with van der Waals surface area (Å²) in [5.74, 6) is 0. The van der Waals surface area contributed by atoms with Crippen molar-refractivity contribution in [2.75, 3.05) is 20.8 Å². The fourth-order valence-electron chi connectivity index (χ4n) is 1.35. The number of rotatable bonds is 5. The van der Waals surface area contributed by atoms with Crippen LogP contribution in [-0.2, 0) is 11.2 Å². The van der Waals surface area contributed by atoms with Gasteiger partial charge in [0.1, 0.15) is 0 Å². The Morgan fingerprint density at radius 3 is 2.50 bits per heavy atom. The summed E-state index contributed by atoms with van der Waals surface area (Å²) in [6, 6.07) is 8.78. The summed E-state index contributed by atoms with van der Waals surface area (Å²) >= 11 is 3.42. The maximum absolute atomic E-state index is 5.12. The standard InChI is InChI=1S/C11H16BrNO/c1-13-11(8-14-2)7-9-3-5-10(12)6-4-9/h3-6,11,13H,7-8H2,1-2H3. The summed E-state index contributed by atoms with van der Waals surface area (Å²) in [7, 11) is 3.69. The van der Waals surface area contributed by atoms with E-state index >= 15 is 0 Å². The van der Waals surface area contributed by atoms with Crippen LogP contribution in [0.25, 0.3) is 0 Å². The van der Waals surface area contributed by atoms with E-state index < -0.39 is 0 Å². The fourth-order valence-corrected chi connectivity index (χ4v) is 1.61. The highest BCUT2D eigenvalue weighted by Gasteiger charge is 2.05. The Hall–Kier alpha value is -0.380. The highest BCUT2D eigenvalue weighted by molar-refractivity contribution is 9.10. The zero-order valence-electron chi connectivity index (χ0n) is 8.59. The molecule has 78 valence electrons. The summed E-state index contributed by atoms with van der Waals surface area (Å²) in [6.45, 7) is 0.743. The Bertz CT molecular complexity index is 260. The molecule has 1 rings (SSSR count). The molecule has 3 heteroatoms. The van der Waals surface area contributed by atoms with Crippen molar-refractivity contribution in [1.82, 2.24) is 5.32 Å². The van der Waals surface area contributed by atoms with E-state index in [1.165, 1.54) is 5.56 Å². The van der Waals surface area contributed by atoms with E-state index in [0.29, 0.717) is 6.04 Å². The first-order valence-electron chi connectivity index (χ1n) is 4.67. The van der Waals surface area contributed by atoms with Crippen LogP contribution < -0.4 is 5.32 Å². The lowest BCUT2D eigenvalue weighted by Gasteiger charge is -2.14. The molecule has 1 atom stereocenters. The largest absolute Gasteiger partial charge is 0.383 e. The molecule has 0 heterocycles. The number of methoxy groups -OCH3 is 1. The highest BCUT2D eigenvalue weighted by atomic mass is 79.9. The first kappa shape index (κ1) is 11.7.